The number of nitrogens with one attached hydrogen (secondary N) is 1. The number of hydrogen-bond donors (Lipinski definition) is 1. The molecule has 2 aromatic rings. The first-order valence-electron chi connectivity index (χ1n) is 7.96. The Balaban J connectivity index is 1.73. The smallest absolute Gasteiger partial charge is 0.223 e. The van der Waals surface area contributed by atoms with Crippen LogP contribution < -0.4 is 10.1 Å². The summed E-state index contributed by atoms with van der Waals surface area (Å²) in [6.45, 7) is 5.16. The standard InChI is InChI=1S/C17H23N3O2S/c1-3-13(4-2)17(21)19-9-7-14-12-23-16(20-14)11-22-15-6-5-8-18-10-15/h5-6,8,10,12-13H,3-4,7,9,11H2,1-2H3,(H,19,21). The second kappa shape index (κ2) is 9.25. The average Bonchev–Trinajstić information content (AvgIpc) is 3.03. The van der Waals surface area contributed by atoms with Crippen LogP contribution in [-0.2, 0) is 17.8 Å². The maximum absolute atomic E-state index is 11.9. The van der Waals surface area contributed by atoms with Crippen LogP contribution in [0.1, 0.15) is 37.4 Å². The van der Waals surface area contributed by atoms with Crippen molar-refractivity contribution in [2.24, 2.45) is 5.92 Å². The molecule has 0 atom stereocenters. The molecule has 0 aromatic carbocycles. The molecule has 2 aromatic heterocycles. The van der Waals surface area contributed by atoms with E-state index in [9.17, 15) is 4.79 Å². The number of pyridine rings is 1. The number of hydrogen-bond acceptors (Lipinski definition) is 5. The van der Waals surface area contributed by atoms with Crippen molar-refractivity contribution < 1.29 is 9.53 Å². The summed E-state index contributed by atoms with van der Waals surface area (Å²) in [5, 5.41) is 5.93. The molecule has 0 saturated carbocycles. The molecule has 1 amide bonds. The third-order valence-electron chi connectivity index (χ3n) is 3.63. The van der Waals surface area contributed by atoms with E-state index in [0.29, 0.717) is 13.2 Å². The first kappa shape index (κ1) is 17.4. The predicted octanol–water partition coefficient (Wildman–Crippen LogP) is 3.21. The number of thiazole rings is 1. The highest BCUT2D eigenvalue weighted by molar-refractivity contribution is 7.09. The molecule has 2 heterocycles. The van der Waals surface area contributed by atoms with Crippen molar-refractivity contribution in [3.63, 3.8) is 0 Å². The van der Waals surface area contributed by atoms with Gasteiger partial charge in [0.1, 0.15) is 17.4 Å². The van der Waals surface area contributed by atoms with Gasteiger partial charge in [0.2, 0.25) is 5.91 Å². The quantitative estimate of drug-likeness (QED) is 0.765. The fourth-order valence-electron chi connectivity index (χ4n) is 2.23. The highest BCUT2D eigenvalue weighted by Gasteiger charge is 2.13. The minimum atomic E-state index is 0.119. The van der Waals surface area contributed by atoms with E-state index in [0.717, 1.165) is 35.7 Å². The lowest BCUT2D eigenvalue weighted by molar-refractivity contribution is -0.125. The van der Waals surface area contributed by atoms with E-state index in [1.54, 1.807) is 23.7 Å². The van der Waals surface area contributed by atoms with Gasteiger partial charge in [0.05, 0.1) is 11.9 Å². The van der Waals surface area contributed by atoms with Crippen LogP contribution in [0.2, 0.25) is 0 Å². The van der Waals surface area contributed by atoms with Gasteiger partial charge >= 0.3 is 0 Å². The van der Waals surface area contributed by atoms with Gasteiger partial charge in [-0.1, -0.05) is 13.8 Å². The predicted molar refractivity (Wildman–Crippen MR) is 91.5 cm³/mol. The van der Waals surface area contributed by atoms with Gasteiger partial charge in [-0.25, -0.2) is 4.98 Å². The summed E-state index contributed by atoms with van der Waals surface area (Å²) in [5.74, 6) is 1.00. The highest BCUT2D eigenvalue weighted by atomic mass is 32.1. The summed E-state index contributed by atoms with van der Waals surface area (Å²) >= 11 is 1.57. The van der Waals surface area contributed by atoms with Crippen LogP contribution in [-0.4, -0.2) is 22.4 Å². The molecule has 0 spiro atoms. The summed E-state index contributed by atoms with van der Waals surface area (Å²) in [7, 11) is 0. The molecule has 1 N–H and O–H groups in total. The van der Waals surface area contributed by atoms with E-state index in [2.05, 4.69) is 15.3 Å². The molecule has 0 saturated heterocycles. The first-order valence-corrected chi connectivity index (χ1v) is 8.84. The van der Waals surface area contributed by atoms with Crippen LogP contribution in [0.15, 0.2) is 29.9 Å². The molecule has 0 aliphatic rings. The van der Waals surface area contributed by atoms with Crippen molar-refractivity contribution in [2.75, 3.05) is 6.54 Å². The van der Waals surface area contributed by atoms with Crippen LogP contribution in [0.5, 0.6) is 5.75 Å². The third-order valence-corrected chi connectivity index (χ3v) is 4.50. The second-order valence-corrected chi connectivity index (χ2v) is 6.21. The van der Waals surface area contributed by atoms with E-state index in [1.807, 2.05) is 31.4 Å². The van der Waals surface area contributed by atoms with Gasteiger partial charge < -0.3 is 10.1 Å². The monoisotopic (exact) mass is 333 g/mol. The summed E-state index contributed by atoms with van der Waals surface area (Å²) in [6.07, 6.45) is 5.91. The summed E-state index contributed by atoms with van der Waals surface area (Å²) < 4.78 is 5.62. The summed E-state index contributed by atoms with van der Waals surface area (Å²) in [5.41, 5.74) is 0.990. The Bertz CT molecular complexity index is 597. The molecule has 2 rings (SSSR count). The molecule has 0 fully saturated rings. The maximum Gasteiger partial charge on any atom is 0.223 e. The number of carbonyl (C=O) groups is 1. The SMILES string of the molecule is CCC(CC)C(=O)NCCc1csc(COc2cccnc2)n1. The van der Waals surface area contributed by atoms with Crippen molar-refractivity contribution in [3.05, 3.63) is 40.6 Å². The molecule has 6 heteroatoms. The minimum Gasteiger partial charge on any atom is -0.485 e. The number of nitrogens with zero attached hydrogens (tertiary/aromatic N) is 2. The van der Waals surface area contributed by atoms with Crippen molar-refractivity contribution in [1.29, 1.82) is 0 Å². The fourth-order valence-corrected chi connectivity index (χ4v) is 2.96. The Morgan fingerprint density at radius 1 is 1.39 bits per heavy atom. The lowest BCUT2D eigenvalue weighted by Crippen LogP contribution is -2.31. The first-order chi connectivity index (χ1) is 11.2. The molecular formula is C17H23N3O2S. The number of amides is 1. The van der Waals surface area contributed by atoms with Gasteiger partial charge in [0.15, 0.2) is 0 Å². The Morgan fingerprint density at radius 2 is 2.22 bits per heavy atom. The zero-order valence-corrected chi connectivity index (χ0v) is 14.4. The van der Waals surface area contributed by atoms with Gasteiger partial charge in [-0.3, -0.25) is 9.78 Å². The van der Waals surface area contributed by atoms with Crippen LogP contribution in [0, 0.1) is 5.92 Å². The number of carbonyl (C=O) groups excluding carboxylic acids is 1. The number of aromatic nitrogens is 2. The zero-order chi connectivity index (χ0) is 16.5. The molecule has 124 valence electrons. The maximum atomic E-state index is 11.9. The fraction of sp³-hybridized carbons (Fsp3) is 0.471. The van der Waals surface area contributed by atoms with E-state index >= 15 is 0 Å². The van der Waals surface area contributed by atoms with Gasteiger partial charge in [-0.15, -0.1) is 11.3 Å². The minimum absolute atomic E-state index is 0.119. The van der Waals surface area contributed by atoms with Gasteiger partial charge in [0, 0.05) is 30.5 Å². The van der Waals surface area contributed by atoms with Crippen molar-refractivity contribution in [2.45, 2.75) is 39.7 Å². The Hall–Kier alpha value is -1.95. The van der Waals surface area contributed by atoms with Crippen LogP contribution >= 0.6 is 11.3 Å². The Morgan fingerprint density at radius 3 is 2.91 bits per heavy atom. The lowest BCUT2D eigenvalue weighted by Gasteiger charge is -2.11. The number of ether oxygens (including phenoxy) is 1. The molecular weight excluding hydrogens is 310 g/mol. The van der Waals surface area contributed by atoms with E-state index in [1.165, 1.54) is 0 Å². The topological polar surface area (TPSA) is 64.1 Å². The molecule has 0 aliphatic carbocycles. The van der Waals surface area contributed by atoms with E-state index in [4.69, 9.17) is 4.74 Å². The highest BCUT2D eigenvalue weighted by Crippen LogP contribution is 2.14. The van der Waals surface area contributed by atoms with E-state index in [-0.39, 0.29) is 11.8 Å². The molecule has 23 heavy (non-hydrogen) atoms. The third kappa shape index (κ3) is 5.63. The van der Waals surface area contributed by atoms with Crippen LogP contribution in [0.4, 0.5) is 0 Å². The van der Waals surface area contributed by atoms with Gasteiger partial charge in [-0.2, -0.15) is 0 Å². The van der Waals surface area contributed by atoms with Gasteiger partial charge in [-0.05, 0) is 25.0 Å². The molecule has 0 unspecified atom stereocenters. The molecule has 0 aliphatic heterocycles. The average molecular weight is 333 g/mol. The zero-order valence-electron chi connectivity index (χ0n) is 13.6. The van der Waals surface area contributed by atoms with E-state index < -0.39 is 0 Å². The molecule has 0 bridgehead atoms. The largest absolute Gasteiger partial charge is 0.485 e. The number of rotatable bonds is 9. The summed E-state index contributed by atoms with van der Waals surface area (Å²) in [6, 6.07) is 3.71. The Kier molecular flexibility index (Phi) is 7.00. The van der Waals surface area contributed by atoms with Crippen LogP contribution in [0.3, 0.4) is 0 Å². The lowest BCUT2D eigenvalue weighted by atomic mass is 10.0. The van der Waals surface area contributed by atoms with Crippen molar-refractivity contribution >= 4 is 17.2 Å². The second-order valence-electron chi connectivity index (χ2n) is 5.26. The van der Waals surface area contributed by atoms with Crippen LogP contribution in [0.25, 0.3) is 0 Å². The van der Waals surface area contributed by atoms with Crippen molar-refractivity contribution in [3.8, 4) is 5.75 Å². The normalized spacial score (nSPS) is 10.7. The molecule has 0 radical (unpaired) electrons. The van der Waals surface area contributed by atoms with Crippen molar-refractivity contribution in [1.82, 2.24) is 15.3 Å². The molecule has 5 nitrogen and oxygen atoms in total. The van der Waals surface area contributed by atoms with Gasteiger partial charge in [0.25, 0.3) is 0 Å². The Labute approximate surface area is 141 Å². The summed E-state index contributed by atoms with van der Waals surface area (Å²) in [4.78, 5) is 20.4.